The van der Waals surface area contributed by atoms with Gasteiger partial charge in [-0.15, -0.1) is 0 Å². The van der Waals surface area contributed by atoms with E-state index in [0.717, 1.165) is 18.5 Å². The van der Waals surface area contributed by atoms with E-state index in [1.54, 1.807) is 6.07 Å². The van der Waals surface area contributed by atoms with Crippen LogP contribution in [0.25, 0.3) is 0 Å². The highest BCUT2D eigenvalue weighted by Gasteiger charge is 2.22. The standard InChI is InChI=1S/C10H12N2O3/c1-15-10-6-8(12(13)14)4-5-9(10)11-7-2-3-7/h4-7,11H,2-3H2,1H3. The van der Waals surface area contributed by atoms with Gasteiger partial charge < -0.3 is 10.1 Å². The van der Waals surface area contributed by atoms with E-state index in [4.69, 9.17) is 4.74 Å². The summed E-state index contributed by atoms with van der Waals surface area (Å²) in [5, 5.41) is 13.8. The minimum atomic E-state index is -0.427. The summed E-state index contributed by atoms with van der Waals surface area (Å²) in [6.45, 7) is 0. The third kappa shape index (κ3) is 2.18. The molecule has 0 spiro atoms. The molecule has 1 aromatic carbocycles. The van der Waals surface area contributed by atoms with Crippen LogP contribution in [0.3, 0.4) is 0 Å². The maximum Gasteiger partial charge on any atom is 0.273 e. The van der Waals surface area contributed by atoms with Crippen LogP contribution in [-0.2, 0) is 0 Å². The molecular weight excluding hydrogens is 196 g/mol. The van der Waals surface area contributed by atoms with E-state index in [1.807, 2.05) is 0 Å². The summed E-state index contributed by atoms with van der Waals surface area (Å²) in [7, 11) is 1.51. The average Bonchev–Trinajstić information content (AvgIpc) is 3.02. The van der Waals surface area contributed by atoms with Gasteiger partial charge in [-0.2, -0.15) is 0 Å². The maximum atomic E-state index is 10.5. The molecule has 2 rings (SSSR count). The molecule has 0 atom stereocenters. The molecule has 0 amide bonds. The van der Waals surface area contributed by atoms with Crippen molar-refractivity contribution in [3.63, 3.8) is 0 Å². The lowest BCUT2D eigenvalue weighted by molar-refractivity contribution is -0.384. The smallest absolute Gasteiger partial charge is 0.273 e. The van der Waals surface area contributed by atoms with Crippen LogP contribution in [-0.4, -0.2) is 18.1 Å². The molecule has 1 aromatic rings. The molecule has 0 aromatic heterocycles. The highest BCUT2D eigenvalue weighted by molar-refractivity contribution is 5.61. The average molecular weight is 208 g/mol. The third-order valence-electron chi connectivity index (χ3n) is 2.33. The molecule has 1 aliphatic carbocycles. The summed E-state index contributed by atoms with van der Waals surface area (Å²) < 4.78 is 5.10. The lowest BCUT2D eigenvalue weighted by Gasteiger charge is -2.09. The molecule has 0 bridgehead atoms. The van der Waals surface area contributed by atoms with Crippen molar-refractivity contribution in [2.24, 2.45) is 0 Å². The fourth-order valence-electron chi connectivity index (χ4n) is 1.36. The first kappa shape index (κ1) is 9.76. The normalized spacial score (nSPS) is 14.7. The SMILES string of the molecule is COc1cc([N+](=O)[O-])ccc1NC1CC1. The van der Waals surface area contributed by atoms with Gasteiger partial charge in [0.15, 0.2) is 0 Å². The summed E-state index contributed by atoms with van der Waals surface area (Å²) in [6, 6.07) is 5.10. The van der Waals surface area contributed by atoms with Gasteiger partial charge in [0, 0.05) is 12.1 Å². The Bertz CT molecular complexity index is 388. The summed E-state index contributed by atoms with van der Waals surface area (Å²) in [4.78, 5) is 10.1. The zero-order valence-corrected chi connectivity index (χ0v) is 8.40. The number of hydrogen-bond donors (Lipinski definition) is 1. The molecule has 0 aliphatic heterocycles. The minimum absolute atomic E-state index is 0.0493. The number of nitrogens with zero attached hydrogens (tertiary/aromatic N) is 1. The fraction of sp³-hybridized carbons (Fsp3) is 0.400. The summed E-state index contributed by atoms with van der Waals surface area (Å²) >= 11 is 0. The molecule has 1 fully saturated rings. The number of rotatable bonds is 4. The van der Waals surface area contributed by atoms with Crippen molar-refractivity contribution in [2.75, 3.05) is 12.4 Å². The van der Waals surface area contributed by atoms with E-state index in [2.05, 4.69) is 5.32 Å². The van der Waals surface area contributed by atoms with E-state index in [-0.39, 0.29) is 5.69 Å². The number of hydrogen-bond acceptors (Lipinski definition) is 4. The highest BCUT2D eigenvalue weighted by atomic mass is 16.6. The molecule has 1 N–H and O–H groups in total. The summed E-state index contributed by atoms with van der Waals surface area (Å²) in [5.74, 6) is 0.524. The molecule has 1 aliphatic rings. The largest absolute Gasteiger partial charge is 0.494 e. The number of nitrogens with one attached hydrogen (secondary N) is 1. The topological polar surface area (TPSA) is 64.4 Å². The van der Waals surface area contributed by atoms with Gasteiger partial charge in [0.1, 0.15) is 5.75 Å². The van der Waals surface area contributed by atoms with E-state index in [9.17, 15) is 10.1 Å². The van der Waals surface area contributed by atoms with E-state index >= 15 is 0 Å². The van der Waals surface area contributed by atoms with Crippen molar-refractivity contribution in [1.29, 1.82) is 0 Å². The second kappa shape index (κ2) is 3.76. The number of nitro groups is 1. The molecule has 15 heavy (non-hydrogen) atoms. The zero-order chi connectivity index (χ0) is 10.8. The lowest BCUT2D eigenvalue weighted by Crippen LogP contribution is -2.03. The number of nitro benzene ring substituents is 1. The number of ether oxygens (including phenoxy) is 1. The Hall–Kier alpha value is -1.78. The molecule has 80 valence electrons. The summed E-state index contributed by atoms with van der Waals surface area (Å²) in [5.41, 5.74) is 0.874. The predicted octanol–water partition coefficient (Wildman–Crippen LogP) is 2.18. The van der Waals surface area contributed by atoms with E-state index < -0.39 is 4.92 Å². The Kier molecular flexibility index (Phi) is 2.45. The number of benzene rings is 1. The Morgan fingerprint density at radius 1 is 1.53 bits per heavy atom. The Balaban J connectivity index is 2.25. The monoisotopic (exact) mass is 208 g/mol. The Labute approximate surface area is 87.2 Å². The molecule has 5 nitrogen and oxygen atoms in total. The first-order valence-corrected chi connectivity index (χ1v) is 4.79. The van der Waals surface area contributed by atoms with Crippen LogP contribution in [0.4, 0.5) is 11.4 Å². The number of methoxy groups -OCH3 is 1. The van der Waals surface area contributed by atoms with Gasteiger partial charge >= 0.3 is 0 Å². The zero-order valence-electron chi connectivity index (χ0n) is 8.40. The van der Waals surface area contributed by atoms with Gasteiger partial charge in [-0.3, -0.25) is 10.1 Å². The highest BCUT2D eigenvalue weighted by Crippen LogP contribution is 2.33. The van der Waals surface area contributed by atoms with Crippen molar-refractivity contribution in [3.05, 3.63) is 28.3 Å². The first-order chi connectivity index (χ1) is 7.20. The van der Waals surface area contributed by atoms with Crippen LogP contribution < -0.4 is 10.1 Å². The van der Waals surface area contributed by atoms with Gasteiger partial charge in [0.25, 0.3) is 5.69 Å². The lowest BCUT2D eigenvalue weighted by atomic mass is 10.2. The van der Waals surface area contributed by atoms with Gasteiger partial charge in [-0.1, -0.05) is 0 Å². The third-order valence-corrected chi connectivity index (χ3v) is 2.33. The molecule has 0 radical (unpaired) electrons. The van der Waals surface area contributed by atoms with Gasteiger partial charge in [0.2, 0.25) is 0 Å². The molecule has 0 unspecified atom stereocenters. The van der Waals surface area contributed by atoms with Crippen LogP contribution >= 0.6 is 0 Å². The van der Waals surface area contributed by atoms with Gasteiger partial charge in [0.05, 0.1) is 23.8 Å². The number of anilines is 1. The van der Waals surface area contributed by atoms with Crippen LogP contribution in [0, 0.1) is 10.1 Å². The van der Waals surface area contributed by atoms with Crippen molar-refractivity contribution in [3.8, 4) is 5.75 Å². The van der Waals surface area contributed by atoms with Crippen molar-refractivity contribution in [2.45, 2.75) is 18.9 Å². The second-order valence-electron chi connectivity index (χ2n) is 3.56. The van der Waals surface area contributed by atoms with Crippen molar-refractivity contribution >= 4 is 11.4 Å². The van der Waals surface area contributed by atoms with E-state index in [0.29, 0.717) is 11.8 Å². The van der Waals surface area contributed by atoms with Crippen LogP contribution in [0.1, 0.15) is 12.8 Å². The van der Waals surface area contributed by atoms with E-state index in [1.165, 1.54) is 19.2 Å². The molecule has 0 heterocycles. The Morgan fingerprint density at radius 2 is 2.27 bits per heavy atom. The predicted molar refractivity (Wildman–Crippen MR) is 56.3 cm³/mol. The van der Waals surface area contributed by atoms with Crippen LogP contribution in [0.5, 0.6) is 5.75 Å². The number of non-ortho nitro benzene ring substituents is 1. The molecular formula is C10H12N2O3. The van der Waals surface area contributed by atoms with Crippen LogP contribution in [0.2, 0.25) is 0 Å². The van der Waals surface area contributed by atoms with Gasteiger partial charge in [-0.25, -0.2) is 0 Å². The molecule has 0 saturated heterocycles. The van der Waals surface area contributed by atoms with Crippen molar-refractivity contribution < 1.29 is 9.66 Å². The molecule has 5 heteroatoms. The summed E-state index contributed by atoms with van der Waals surface area (Å²) in [6.07, 6.45) is 2.31. The Morgan fingerprint density at radius 3 is 2.80 bits per heavy atom. The van der Waals surface area contributed by atoms with Gasteiger partial charge in [-0.05, 0) is 18.9 Å². The van der Waals surface area contributed by atoms with Crippen molar-refractivity contribution in [1.82, 2.24) is 0 Å². The minimum Gasteiger partial charge on any atom is -0.494 e. The molecule has 1 saturated carbocycles. The maximum absolute atomic E-state index is 10.5. The van der Waals surface area contributed by atoms with Crippen LogP contribution in [0.15, 0.2) is 18.2 Å². The fourth-order valence-corrected chi connectivity index (χ4v) is 1.36. The quantitative estimate of drug-likeness (QED) is 0.608. The second-order valence-corrected chi connectivity index (χ2v) is 3.56. The first-order valence-electron chi connectivity index (χ1n) is 4.79.